The summed E-state index contributed by atoms with van der Waals surface area (Å²) in [4.78, 5) is 0.160. The zero-order valence-corrected chi connectivity index (χ0v) is 15.3. The lowest BCUT2D eigenvalue weighted by Gasteiger charge is -2.04. The number of benzene rings is 2. The largest absolute Gasteiger partial charge is 0.428 e. The van der Waals surface area contributed by atoms with Crippen molar-refractivity contribution in [2.75, 3.05) is 0 Å². The average Bonchev–Trinajstić information content (AvgIpc) is 3.08. The molecule has 2 aromatic carbocycles. The number of hydrogen-bond acceptors (Lipinski definition) is 4. The van der Waals surface area contributed by atoms with Gasteiger partial charge in [0.2, 0.25) is 0 Å². The molecule has 0 unspecified atom stereocenters. The van der Waals surface area contributed by atoms with Gasteiger partial charge in [-0.3, -0.25) is 0 Å². The van der Waals surface area contributed by atoms with Crippen molar-refractivity contribution in [1.29, 1.82) is 0 Å². The van der Waals surface area contributed by atoms with Gasteiger partial charge in [-0.15, -0.1) is 0 Å². The molecule has 1 aromatic heterocycles. The molecule has 0 atom stereocenters. The van der Waals surface area contributed by atoms with Crippen LogP contribution in [0.5, 0.6) is 0 Å². The van der Waals surface area contributed by atoms with Crippen LogP contribution in [0.1, 0.15) is 5.56 Å². The first-order valence-electron chi connectivity index (χ1n) is 6.86. The van der Waals surface area contributed by atoms with Crippen LogP contribution >= 0.6 is 0 Å². The van der Waals surface area contributed by atoms with E-state index in [-0.39, 0.29) is 4.90 Å². The number of hydrogen-bond donors (Lipinski definition) is 0. The highest BCUT2D eigenvalue weighted by molar-refractivity contribution is 7.86. The normalized spacial score (nSPS) is 11.7. The van der Waals surface area contributed by atoms with Gasteiger partial charge in [-0.05, 0) is 39.8 Å². The zero-order chi connectivity index (χ0) is 16.3. The third-order valence-electron chi connectivity index (χ3n) is 3.04. The topological polar surface area (TPSA) is 56.5 Å². The van der Waals surface area contributed by atoms with Gasteiger partial charge in [-0.1, -0.05) is 35.9 Å². The first-order valence-corrected chi connectivity index (χ1v) is 11.3. The van der Waals surface area contributed by atoms with E-state index < -0.39 is 30.4 Å². The summed E-state index contributed by atoms with van der Waals surface area (Å²) >= 11 is -2.67. The van der Waals surface area contributed by atoms with Crippen molar-refractivity contribution >= 4 is 10.1 Å². The predicted molar refractivity (Wildman–Crippen MR) is 82.0 cm³/mol. The van der Waals surface area contributed by atoms with Crippen LogP contribution in [-0.2, 0) is 12.6 Å². The van der Waals surface area contributed by atoms with Crippen molar-refractivity contribution in [1.82, 2.24) is 0 Å². The summed E-state index contributed by atoms with van der Waals surface area (Å²) in [7, 11) is -3.84. The molecular weight excluding hydrogens is 427 g/mol. The Balaban J connectivity index is 1.97. The summed E-state index contributed by atoms with van der Waals surface area (Å²) < 4.78 is 37.7. The number of halogens is 1. The maximum Gasteiger partial charge on any atom is 0.363 e. The molecular formula is C17H15IO4S+. The van der Waals surface area contributed by atoms with E-state index in [4.69, 9.17) is 6.93 Å². The Bertz CT molecular complexity index is 857. The highest BCUT2D eigenvalue weighted by Gasteiger charge is 2.40. The molecule has 1 radical (unpaired) electrons. The standard InChI is InChI=1S/C17H15IO4S/c1-14-9-11-16(12-10-14)23(19,20)22-18(17-8-5-13-21-17)15-6-3-2-4-7-15/h2-13H,1H3/q+1. The van der Waals surface area contributed by atoms with Crippen molar-refractivity contribution in [2.45, 2.75) is 11.8 Å². The van der Waals surface area contributed by atoms with Crippen LogP contribution in [0.2, 0.25) is 0 Å². The third-order valence-corrected chi connectivity index (χ3v) is 10.1. The molecule has 0 amide bonds. The Kier molecular flexibility index (Phi) is 4.84. The number of rotatable bonds is 5. The molecule has 119 valence electrons. The zero-order valence-electron chi connectivity index (χ0n) is 12.3. The predicted octanol–water partition coefficient (Wildman–Crippen LogP) is 0.573. The SMILES string of the molecule is Cc1ccc(S(=O)(=O)O[I+](c2ccccc2)c2ccco2)cc1. The van der Waals surface area contributed by atoms with E-state index in [2.05, 4.69) is 0 Å². The summed E-state index contributed by atoms with van der Waals surface area (Å²) in [5.41, 5.74) is 0.994. The highest BCUT2D eigenvalue weighted by atomic mass is 127. The average molecular weight is 442 g/mol. The maximum atomic E-state index is 12.6. The quantitative estimate of drug-likeness (QED) is 0.543. The molecule has 4 nitrogen and oxygen atoms in total. The van der Waals surface area contributed by atoms with E-state index >= 15 is 0 Å². The van der Waals surface area contributed by atoms with Gasteiger partial charge in [0.15, 0.2) is 3.57 Å². The molecule has 0 fully saturated rings. The Labute approximate surface area is 143 Å². The van der Waals surface area contributed by atoms with E-state index in [0.29, 0.717) is 3.77 Å². The fourth-order valence-electron chi connectivity index (χ4n) is 1.88. The Hall–Kier alpha value is -1.64. The smallest absolute Gasteiger partial charge is 0.363 e. The fraction of sp³-hybridized carbons (Fsp3) is 0.0588. The van der Waals surface area contributed by atoms with Crippen molar-refractivity contribution in [2.24, 2.45) is 0 Å². The third kappa shape index (κ3) is 3.82. The van der Waals surface area contributed by atoms with E-state index in [0.717, 1.165) is 9.13 Å². The molecule has 6 heteroatoms. The lowest BCUT2D eigenvalue weighted by molar-refractivity contribution is -1.04. The molecule has 0 saturated carbocycles. The fourth-order valence-corrected chi connectivity index (χ4v) is 8.52. The summed E-state index contributed by atoms with van der Waals surface area (Å²) in [6, 6.07) is 19.5. The van der Waals surface area contributed by atoms with Gasteiger partial charge in [-0.2, -0.15) is 8.42 Å². The van der Waals surface area contributed by atoms with Gasteiger partial charge in [0, 0.05) is 6.07 Å². The molecule has 1 heterocycles. The van der Waals surface area contributed by atoms with Crippen LogP contribution in [0.3, 0.4) is 0 Å². The minimum absolute atomic E-state index is 0.160. The minimum atomic E-state index is -3.84. The molecule has 3 aromatic rings. The molecule has 0 bridgehead atoms. The van der Waals surface area contributed by atoms with Crippen molar-refractivity contribution in [3.05, 3.63) is 85.9 Å². The van der Waals surface area contributed by atoms with Gasteiger partial charge in [0.1, 0.15) is 0 Å². The molecule has 0 aliphatic carbocycles. The Morgan fingerprint density at radius 1 is 0.913 bits per heavy atom. The Morgan fingerprint density at radius 3 is 2.22 bits per heavy atom. The van der Waals surface area contributed by atoms with E-state index in [1.165, 1.54) is 6.26 Å². The van der Waals surface area contributed by atoms with Crippen molar-refractivity contribution < 1.29 is 35.6 Å². The van der Waals surface area contributed by atoms with E-state index in [1.807, 2.05) is 37.3 Å². The Morgan fingerprint density at radius 2 is 1.61 bits per heavy atom. The second-order valence-corrected chi connectivity index (χ2v) is 11.1. The van der Waals surface area contributed by atoms with Crippen molar-refractivity contribution in [3.63, 3.8) is 0 Å². The molecule has 3 rings (SSSR count). The molecule has 0 saturated heterocycles. The molecule has 0 aliphatic heterocycles. The lowest BCUT2D eigenvalue weighted by atomic mass is 10.2. The van der Waals surface area contributed by atoms with Crippen LogP contribution in [-0.4, -0.2) is 8.42 Å². The van der Waals surface area contributed by atoms with Crippen LogP contribution in [0.25, 0.3) is 0 Å². The summed E-state index contributed by atoms with van der Waals surface area (Å²) in [5.74, 6) is 0. The molecule has 23 heavy (non-hydrogen) atoms. The van der Waals surface area contributed by atoms with Crippen LogP contribution < -0.4 is 20.2 Å². The lowest BCUT2D eigenvalue weighted by Crippen LogP contribution is -3.85. The second kappa shape index (κ2) is 6.86. The molecule has 0 aliphatic rings. The van der Waals surface area contributed by atoms with Crippen LogP contribution in [0.4, 0.5) is 0 Å². The minimum Gasteiger partial charge on any atom is -0.428 e. The number of aryl methyl sites for hydroxylation is 1. The highest BCUT2D eigenvalue weighted by Crippen LogP contribution is 2.10. The molecule has 0 spiro atoms. The first kappa shape index (κ1) is 16.2. The molecule has 0 N–H and O–H groups in total. The van der Waals surface area contributed by atoms with Gasteiger partial charge < -0.3 is 4.42 Å². The number of furan rings is 1. The monoisotopic (exact) mass is 442 g/mol. The first-order chi connectivity index (χ1) is 11.1. The van der Waals surface area contributed by atoms with E-state index in [9.17, 15) is 8.42 Å². The van der Waals surface area contributed by atoms with Gasteiger partial charge in [-0.25, -0.2) is 0 Å². The van der Waals surface area contributed by atoms with Gasteiger partial charge >= 0.3 is 34.1 Å². The second-order valence-electron chi connectivity index (χ2n) is 4.79. The van der Waals surface area contributed by atoms with Gasteiger partial charge in [0.05, 0.1) is 11.2 Å². The summed E-state index contributed by atoms with van der Waals surface area (Å²) in [6.45, 7) is 1.91. The summed E-state index contributed by atoms with van der Waals surface area (Å²) in [5, 5.41) is 0. The van der Waals surface area contributed by atoms with Crippen LogP contribution in [0.15, 0.2) is 82.3 Å². The van der Waals surface area contributed by atoms with Crippen LogP contribution in [0, 0.1) is 14.3 Å². The van der Waals surface area contributed by atoms with Crippen molar-refractivity contribution in [3.8, 4) is 0 Å². The summed E-state index contributed by atoms with van der Waals surface area (Å²) in [6.07, 6.45) is 1.53. The van der Waals surface area contributed by atoms with Gasteiger partial charge in [0.25, 0.3) is 0 Å². The maximum absolute atomic E-state index is 12.6. The van der Waals surface area contributed by atoms with E-state index in [1.54, 1.807) is 36.4 Å².